The number of furan rings is 1. The van der Waals surface area contributed by atoms with Gasteiger partial charge in [0, 0.05) is 24.1 Å². The molecular weight excluding hydrogens is 320 g/mol. The van der Waals surface area contributed by atoms with Gasteiger partial charge < -0.3 is 9.32 Å². The maximum Gasteiger partial charge on any atom is 0.264 e. The lowest BCUT2D eigenvalue weighted by Crippen LogP contribution is -2.31. The molecule has 0 N–H and O–H groups in total. The van der Waals surface area contributed by atoms with Gasteiger partial charge in [-0.3, -0.25) is 4.79 Å². The average Bonchev–Trinajstić information content (AvgIpc) is 3.03. The average molecular weight is 340 g/mol. The Morgan fingerprint density at radius 1 is 1.21 bits per heavy atom. The fraction of sp³-hybridized carbons (Fsp3) is 0.263. The van der Waals surface area contributed by atoms with Gasteiger partial charge in [0.1, 0.15) is 17.4 Å². The Morgan fingerprint density at radius 2 is 1.88 bits per heavy atom. The molecule has 124 valence electrons. The molecule has 1 aromatic heterocycles. The van der Waals surface area contributed by atoms with Crippen LogP contribution in [0.2, 0.25) is 0 Å². The van der Waals surface area contributed by atoms with Crippen LogP contribution in [0.5, 0.6) is 0 Å². The summed E-state index contributed by atoms with van der Waals surface area (Å²) in [7, 11) is 0. The number of aryl methyl sites for hydroxylation is 1. The van der Waals surface area contributed by atoms with Crippen LogP contribution in [0.25, 0.3) is 6.08 Å². The summed E-state index contributed by atoms with van der Waals surface area (Å²) in [4.78, 5) is 14.9. The minimum absolute atomic E-state index is 0.0833. The number of hydrogen-bond donors (Lipinski definition) is 0. The van der Waals surface area contributed by atoms with E-state index in [4.69, 9.17) is 4.42 Å². The second kappa shape index (κ2) is 8.42. The van der Waals surface area contributed by atoms with Gasteiger partial charge >= 0.3 is 0 Å². The van der Waals surface area contributed by atoms with E-state index in [2.05, 4.69) is 0 Å². The smallest absolute Gasteiger partial charge is 0.264 e. The van der Waals surface area contributed by atoms with Crippen molar-refractivity contribution in [3.05, 3.63) is 53.3 Å². The molecule has 1 amide bonds. The van der Waals surface area contributed by atoms with Crippen LogP contribution < -0.4 is 0 Å². The molecule has 0 aliphatic carbocycles. The van der Waals surface area contributed by atoms with Crippen molar-refractivity contribution in [3.63, 3.8) is 0 Å². The summed E-state index contributed by atoms with van der Waals surface area (Å²) in [6.45, 7) is 6.96. The Labute approximate surface area is 146 Å². The molecule has 4 nitrogen and oxygen atoms in total. The molecule has 5 heteroatoms. The van der Waals surface area contributed by atoms with Crippen molar-refractivity contribution in [3.8, 4) is 6.07 Å². The van der Waals surface area contributed by atoms with Crippen LogP contribution in [0.3, 0.4) is 0 Å². The molecule has 0 bridgehead atoms. The Bertz CT molecular complexity index is 765. The monoisotopic (exact) mass is 340 g/mol. The van der Waals surface area contributed by atoms with Crippen molar-refractivity contribution < 1.29 is 9.21 Å². The Hall–Kier alpha value is -2.45. The van der Waals surface area contributed by atoms with Crippen molar-refractivity contribution in [1.29, 1.82) is 5.26 Å². The number of nitrogens with zero attached hydrogens (tertiary/aromatic N) is 2. The third-order valence-corrected chi connectivity index (χ3v) is 4.46. The molecule has 0 fully saturated rings. The van der Waals surface area contributed by atoms with E-state index in [0.29, 0.717) is 18.8 Å². The predicted molar refractivity (Wildman–Crippen MR) is 95.5 cm³/mol. The first-order valence-corrected chi connectivity index (χ1v) is 8.64. The van der Waals surface area contributed by atoms with Crippen LogP contribution in [0.15, 0.2) is 56.4 Å². The highest BCUT2D eigenvalue weighted by molar-refractivity contribution is 7.99. The topological polar surface area (TPSA) is 57.2 Å². The van der Waals surface area contributed by atoms with Crippen LogP contribution in [0.4, 0.5) is 0 Å². The summed E-state index contributed by atoms with van der Waals surface area (Å²) < 4.78 is 5.71. The minimum atomic E-state index is -0.272. The molecule has 0 unspecified atom stereocenters. The Balaban J connectivity index is 2.15. The molecule has 1 heterocycles. The first-order chi connectivity index (χ1) is 11.6. The molecule has 2 rings (SSSR count). The molecule has 0 spiro atoms. The molecule has 2 aromatic rings. The van der Waals surface area contributed by atoms with Crippen LogP contribution >= 0.6 is 11.8 Å². The summed E-state index contributed by atoms with van der Waals surface area (Å²) in [6, 6.07) is 13.7. The molecule has 0 radical (unpaired) electrons. The molecule has 0 aliphatic heterocycles. The van der Waals surface area contributed by atoms with Crippen LogP contribution in [0, 0.1) is 18.3 Å². The lowest BCUT2D eigenvalue weighted by molar-refractivity contribution is -0.126. The van der Waals surface area contributed by atoms with Gasteiger partial charge in [-0.1, -0.05) is 29.5 Å². The van der Waals surface area contributed by atoms with E-state index >= 15 is 0 Å². The predicted octanol–water partition coefficient (Wildman–Crippen LogP) is 4.51. The number of benzene rings is 1. The van der Waals surface area contributed by atoms with Gasteiger partial charge in [0.05, 0.1) is 0 Å². The largest absolute Gasteiger partial charge is 0.450 e. The molecule has 0 atom stereocenters. The third-order valence-electron chi connectivity index (χ3n) is 3.53. The van der Waals surface area contributed by atoms with Crippen LogP contribution in [-0.2, 0) is 4.79 Å². The zero-order chi connectivity index (χ0) is 17.5. The highest BCUT2D eigenvalue weighted by Gasteiger charge is 2.16. The number of hydrogen-bond acceptors (Lipinski definition) is 4. The number of carbonyl (C=O) groups excluding carboxylic acids is 1. The van der Waals surface area contributed by atoms with E-state index in [-0.39, 0.29) is 11.5 Å². The van der Waals surface area contributed by atoms with Crippen molar-refractivity contribution >= 4 is 23.7 Å². The van der Waals surface area contributed by atoms with E-state index in [1.54, 1.807) is 11.0 Å². The molecule has 0 saturated carbocycles. The van der Waals surface area contributed by atoms with Gasteiger partial charge in [0.2, 0.25) is 0 Å². The zero-order valence-corrected chi connectivity index (χ0v) is 14.9. The number of amides is 1. The maximum atomic E-state index is 12.3. The van der Waals surface area contributed by atoms with Gasteiger partial charge in [0.15, 0.2) is 5.09 Å². The standard InChI is InChI=1S/C19H20N2O2S/c1-4-21(5-2)19(22)15(13-20)12-16-8-11-18(23-16)24-17-9-6-14(3)7-10-17/h6-12H,4-5H2,1-3H3/b15-12-. The third kappa shape index (κ3) is 4.53. The first kappa shape index (κ1) is 17.9. The van der Waals surface area contributed by atoms with Gasteiger partial charge in [-0.05, 0) is 45.0 Å². The second-order valence-corrected chi connectivity index (χ2v) is 6.30. The summed E-state index contributed by atoms with van der Waals surface area (Å²) >= 11 is 1.50. The SMILES string of the molecule is CCN(CC)C(=O)/C(C#N)=C\c1ccc(Sc2ccc(C)cc2)o1. The second-order valence-electron chi connectivity index (χ2n) is 5.22. The van der Waals surface area contributed by atoms with Gasteiger partial charge in [-0.25, -0.2) is 0 Å². The van der Waals surface area contributed by atoms with Crippen LogP contribution in [-0.4, -0.2) is 23.9 Å². The highest BCUT2D eigenvalue weighted by atomic mass is 32.2. The van der Waals surface area contributed by atoms with E-state index in [9.17, 15) is 10.1 Å². The van der Waals surface area contributed by atoms with Crippen molar-refractivity contribution in [1.82, 2.24) is 4.90 Å². The molecular formula is C19H20N2O2S. The van der Waals surface area contributed by atoms with Crippen molar-refractivity contribution in [2.75, 3.05) is 13.1 Å². The molecule has 24 heavy (non-hydrogen) atoms. The van der Waals surface area contributed by atoms with Gasteiger partial charge in [-0.2, -0.15) is 5.26 Å². The molecule has 1 aromatic carbocycles. The number of likely N-dealkylation sites (N-methyl/N-ethyl adjacent to an activating group) is 1. The lowest BCUT2D eigenvalue weighted by atomic mass is 10.2. The summed E-state index contributed by atoms with van der Waals surface area (Å²) in [5, 5.41) is 9.97. The van der Waals surface area contributed by atoms with E-state index < -0.39 is 0 Å². The molecule has 0 aliphatic rings. The van der Waals surface area contributed by atoms with Crippen molar-refractivity contribution in [2.24, 2.45) is 0 Å². The van der Waals surface area contributed by atoms with E-state index in [1.807, 2.05) is 57.2 Å². The minimum Gasteiger partial charge on any atom is -0.450 e. The zero-order valence-electron chi connectivity index (χ0n) is 14.1. The molecule has 0 saturated heterocycles. The number of rotatable bonds is 6. The van der Waals surface area contributed by atoms with E-state index in [1.165, 1.54) is 23.4 Å². The summed E-state index contributed by atoms with van der Waals surface area (Å²) in [5.41, 5.74) is 1.29. The lowest BCUT2D eigenvalue weighted by Gasteiger charge is -2.17. The number of nitriles is 1. The maximum absolute atomic E-state index is 12.3. The normalized spacial score (nSPS) is 11.2. The van der Waals surface area contributed by atoms with Gasteiger partial charge in [0.25, 0.3) is 5.91 Å². The Kier molecular flexibility index (Phi) is 6.28. The van der Waals surface area contributed by atoms with Gasteiger partial charge in [-0.15, -0.1) is 0 Å². The van der Waals surface area contributed by atoms with Crippen LogP contribution in [0.1, 0.15) is 25.2 Å². The Morgan fingerprint density at radius 3 is 2.46 bits per heavy atom. The van der Waals surface area contributed by atoms with Crippen molar-refractivity contribution in [2.45, 2.75) is 30.8 Å². The number of carbonyl (C=O) groups is 1. The highest BCUT2D eigenvalue weighted by Crippen LogP contribution is 2.30. The fourth-order valence-corrected chi connectivity index (χ4v) is 2.93. The quantitative estimate of drug-likeness (QED) is 0.573. The summed E-state index contributed by atoms with van der Waals surface area (Å²) in [6.07, 6.45) is 1.50. The van der Waals surface area contributed by atoms with E-state index in [0.717, 1.165) is 9.99 Å². The first-order valence-electron chi connectivity index (χ1n) is 7.82. The fourth-order valence-electron chi connectivity index (χ4n) is 2.15. The summed E-state index contributed by atoms with van der Waals surface area (Å²) in [5.74, 6) is 0.230.